The number of rotatable bonds is 1. The Morgan fingerprint density at radius 1 is 1.75 bits per heavy atom. The minimum absolute atomic E-state index is 1.29. The molecule has 0 saturated heterocycles. The highest BCUT2D eigenvalue weighted by Crippen LogP contribution is 1.81. The average molecular weight is 169 g/mol. The highest BCUT2D eigenvalue weighted by atomic mass is 127. The van der Waals surface area contributed by atoms with E-state index < -0.39 is 0 Å². The molecule has 0 spiro atoms. The maximum Gasteiger partial charge on any atom is -0.000735 e. The van der Waals surface area contributed by atoms with Crippen molar-refractivity contribution in [2.45, 2.75) is 13.3 Å². The van der Waals surface area contributed by atoms with Crippen molar-refractivity contribution in [1.29, 1.82) is 0 Å². The summed E-state index contributed by atoms with van der Waals surface area (Å²) in [5, 5.41) is 0. The molecular formula is C3H7I. The molecule has 0 bridgehead atoms. The van der Waals surface area contributed by atoms with Crippen molar-refractivity contribution in [2.75, 3.05) is 4.43 Å². The molecule has 0 radical (unpaired) electrons. The molecule has 4 heavy (non-hydrogen) atoms. The molecule has 0 unspecified atom stereocenters. The Balaban J connectivity index is 1.97. The van der Waals surface area contributed by atoms with Gasteiger partial charge < -0.3 is 0 Å². The highest BCUT2D eigenvalue weighted by molar-refractivity contribution is 14.1. The quantitative estimate of drug-likeness (QED) is 0.415. The SMILES string of the molecule is CC[11CH2]I. The number of hydrogen-bond donors (Lipinski definition) is 0. The molecule has 0 rings (SSSR count). The first-order valence-electron chi connectivity index (χ1n) is 1.47. The summed E-state index contributed by atoms with van der Waals surface area (Å²) in [7, 11) is 0. The molecule has 0 amide bonds. The van der Waals surface area contributed by atoms with Crippen LogP contribution >= 0.6 is 22.6 Å². The van der Waals surface area contributed by atoms with E-state index in [1.807, 2.05) is 0 Å². The van der Waals surface area contributed by atoms with Crippen LogP contribution in [0.2, 0.25) is 0 Å². The smallest absolute Gasteiger partial charge is 0.000735 e. The number of hydrogen-bond acceptors (Lipinski definition) is 0. The van der Waals surface area contributed by atoms with E-state index in [1.165, 1.54) is 10.8 Å². The van der Waals surface area contributed by atoms with Gasteiger partial charge in [0.25, 0.3) is 0 Å². The Morgan fingerprint density at radius 3 is 2.00 bits per heavy atom. The van der Waals surface area contributed by atoms with Gasteiger partial charge in [0.1, 0.15) is 0 Å². The summed E-state index contributed by atoms with van der Waals surface area (Å²) in [5.41, 5.74) is 0. The van der Waals surface area contributed by atoms with Gasteiger partial charge in [0.2, 0.25) is 0 Å². The zero-order chi connectivity index (χ0) is 3.41. The fraction of sp³-hybridized carbons (Fsp3) is 1.00. The van der Waals surface area contributed by atoms with Crippen molar-refractivity contribution in [3.63, 3.8) is 0 Å². The molecule has 0 atom stereocenters. The van der Waals surface area contributed by atoms with Crippen molar-refractivity contribution in [3.8, 4) is 0 Å². The van der Waals surface area contributed by atoms with Crippen LogP contribution in [0.4, 0.5) is 0 Å². The second kappa shape index (κ2) is 3.73. The third kappa shape index (κ3) is 2.73. The third-order valence-electron chi connectivity index (χ3n) is 0.189. The highest BCUT2D eigenvalue weighted by Gasteiger charge is 1.58. The van der Waals surface area contributed by atoms with Crippen LogP contribution in [0.3, 0.4) is 0 Å². The summed E-state index contributed by atoms with van der Waals surface area (Å²) < 4.78 is 1.29. The standard InChI is InChI=1S/C3H7I/c1-2-3-4/h2-3H2,1H3/i3-1. The molecule has 0 nitrogen and oxygen atoms in total. The van der Waals surface area contributed by atoms with Crippen molar-refractivity contribution in [2.24, 2.45) is 0 Å². The van der Waals surface area contributed by atoms with E-state index in [0.717, 1.165) is 0 Å². The van der Waals surface area contributed by atoms with Crippen molar-refractivity contribution in [1.82, 2.24) is 0 Å². The van der Waals surface area contributed by atoms with E-state index in [2.05, 4.69) is 29.5 Å². The van der Waals surface area contributed by atoms with Gasteiger partial charge in [-0.1, -0.05) is 29.5 Å². The molecule has 26 valence electrons. The molecule has 0 N–H and O–H groups in total. The topological polar surface area (TPSA) is 0 Å². The van der Waals surface area contributed by atoms with Crippen molar-refractivity contribution < 1.29 is 0 Å². The van der Waals surface area contributed by atoms with Gasteiger partial charge in [0, 0.05) is 0 Å². The van der Waals surface area contributed by atoms with E-state index in [9.17, 15) is 0 Å². The predicted molar refractivity (Wildman–Crippen MR) is 29.2 cm³/mol. The van der Waals surface area contributed by atoms with Gasteiger partial charge in [-0.05, 0) is 10.8 Å². The van der Waals surface area contributed by atoms with Crippen molar-refractivity contribution in [3.05, 3.63) is 0 Å². The van der Waals surface area contributed by atoms with Gasteiger partial charge in [-0.15, -0.1) is 0 Å². The fourth-order valence-corrected chi connectivity index (χ4v) is 0. The van der Waals surface area contributed by atoms with Gasteiger partial charge >= 0.3 is 0 Å². The van der Waals surface area contributed by atoms with Gasteiger partial charge in [0.05, 0.1) is 0 Å². The molecule has 0 aromatic heterocycles. The van der Waals surface area contributed by atoms with Crippen LogP contribution in [0, 0.1) is 0 Å². The number of halogens is 1. The predicted octanol–water partition coefficient (Wildman–Crippen LogP) is 1.83. The normalized spacial score (nSPS) is 7.50. The summed E-state index contributed by atoms with van der Waals surface area (Å²) >= 11 is 2.35. The van der Waals surface area contributed by atoms with Crippen LogP contribution in [-0.4, -0.2) is 4.43 Å². The van der Waals surface area contributed by atoms with Crippen LogP contribution < -0.4 is 0 Å². The first kappa shape index (κ1) is 4.73. The molecule has 0 aromatic rings. The maximum atomic E-state index is 2.35. The summed E-state index contributed by atoms with van der Waals surface area (Å²) in [6.07, 6.45) is 1.31. The Labute approximate surface area is 40.7 Å². The lowest BCUT2D eigenvalue weighted by molar-refractivity contribution is 1.13. The van der Waals surface area contributed by atoms with E-state index in [4.69, 9.17) is 0 Å². The molecule has 0 aliphatic rings. The second-order valence-electron chi connectivity index (χ2n) is 0.689. The first-order chi connectivity index (χ1) is 1.91. The Morgan fingerprint density at radius 2 is 2.00 bits per heavy atom. The molecule has 0 aliphatic carbocycles. The van der Waals surface area contributed by atoms with Crippen LogP contribution in [0.1, 0.15) is 13.3 Å². The van der Waals surface area contributed by atoms with Crippen LogP contribution in [0.25, 0.3) is 0 Å². The van der Waals surface area contributed by atoms with Crippen molar-refractivity contribution >= 4 is 22.6 Å². The molecule has 0 aromatic carbocycles. The molecular weight excluding hydrogens is 162 g/mol. The molecule has 0 heterocycles. The van der Waals surface area contributed by atoms with Gasteiger partial charge in [0.15, 0.2) is 0 Å². The Bertz CT molecular complexity index is 5.25. The summed E-state index contributed by atoms with van der Waals surface area (Å²) in [5.74, 6) is 0. The van der Waals surface area contributed by atoms with E-state index in [0.29, 0.717) is 0 Å². The minimum atomic E-state index is 1.29. The van der Waals surface area contributed by atoms with Gasteiger partial charge in [-0.25, -0.2) is 0 Å². The zero-order valence-electron chi connectivity index (χ0n) is 2.79. The molecule has 1 heteroatoms. The zero-order valence-corrected chi connectivity index (χ0v) is 4.95. The lowest BCUT2D eigenvalue weighted by Crippen LogP contribution is -1.54. The van der Waals surface area contributed by atoms with Gasteiger partial charge in [-0.2, -0.15) is 0 Å². The largest absolute Gasteiger partial charge is 0.0864 e. The van der Waals surface area contributed by atoms with Crippen LogP contribution in [-0.2, 0) is 0 Å². The van der Waals surface area contributed by atoms with Gasteiger partial charge in [-0.3, -0.25) is 0 Å². The van der Waals surface area contributed by atoms with E-state index in [-0.39, 0.29) is 0 Å². The monoisotopic (exact) mass is 169 g/mol. The molecule has 0 fully saturated rings. The minimum Gasteiger partial charge on any atom is -0.0864 e. The van der Waals surface area contributed by atoms with Crippen LogP contribution in [0.15, 0.2) is 0 Å². The second-order valence-corrected chi connectivity index (χ2v) is 1.77. The van der Waals surface area contributed by atoms with E-state index >= 15 is 0 Å². The van der Waals surface area contributed by atoms with Crippen LogP contribution in [0.5, 0.6) is 0 Å². The average Bonchev–Trinajstić information content (AvgIpc) is 1.37. The molecule has 0 saturated carbocycles. The summed E-state index contributed by atoms with van der Waals surface area (Å²) in [4.78, 5) is 0. The third-order valence-corrected chi connectivity index (χ3v) is 1.27. The van der Waals surface area contributed by atoms with E-state index in [1.54, 1.807) is 0 Å². The summed E-state index contributed by atoms with van der Waals surface area (Å²) in [6, 6.07) is 0. The number of alkyl halides is 1. The Hall–Kier alpha value is 0.730. The Kier molecular flexibility index (Phi) is 4.41. The first-order valence-corrected chi connectivity index (χ1v) is 3.00. The lowest BCUT2D eigenvalue weighted by atomic mass is 10.2. The molecule has 0 aliphatic heterocycles. The summed E-state index contributed by atoms with van der Waals surface area (Å²) in [6.45, 7) is 2.17. The lowest BCUT2D eigenvalue weighted by Gasteiger charge is -1.66. The maximum absolute atomic E-state index is 2.35. The fourth-order valence-electron chi connectivity index (χ4n) is 0.